The van der Waals surface area contributed by atoms with Crippen molar-refractivity contribution in [3.63, 3.8) is 0 Å². The fraction of sp³-hybridized carbons (Fsp3) is 0. The molecule has 0 nitrogen and oxygen atoms in total. The summed E-state index contributed by atoms with van der Waals surface area (Å²) in [5.41, 5.74) is 0.676. The normalized spacial score (nSPS) is 9.67. The third-order valence-electron chi connectivity index (χ3n) is 1.01. The number of benzene rings is 1. The summed E-state index contributed by atoms with van der Waals surface area (Å²) in [6, 6.07) is 4.40. The van der Waals surface area contributed by atoms with Gasteiger partial charge in [-0.2, -0.15) is 0 Å². The van der Waals surface area contributed by atoms with Crippen LogP contribution in [0.5, 0.6) is 0 Å². The Labute approximate surface area is 61.8 Å². The van der Waals surface area contributed by atoms with E-state index >= 15 is 0 Å². The third-order valence-corrected chi connectivity index (χ3v) is 1.78. The summed E-state index contributed by atoms with van der Waals surface area (Å²) < 4.78 is 13.1. The smallest absolute Gasteiger partial charge is 0.123 e. The second kappa shape index (κ2) is 2.48. The average molecular weight is 188 g/mol. The molecule has 0 heterocycles. The van der Waals surface area contributed by atoms with E-state index < -0.39 is 0 Å². The van der Waals surface area contributed by atoms with E-state index in [9.17, 15) is 4.39 Å². The van der Waals surface area contributed by atoms with Gasteiger partial charge in [0.05, 0.1) is 0 Å². The van der Waals surface area contributed by atoms with E-state index in [-0.39, 0.29) is 5.82 Å². The Hall–Kier alpha value is -0.370. The van der Waals surface area contributed by atoms with Gasteiger partial charge in [0.15, 0.2) is 0 Å². The first-order valence-corrected chi connectivity index (χ1v) is 3.26. The molecular formula is C7H5BrF. The predicted molar refractivity (Wildman–Crippen MR) is 38.6 cm³/mol. The molecule has 0 aliphatic rings. The monoisotopic (exact) mass is 187 g/mol. The molecule has 1 aromatic rings. The summed E-state index contributed by atoms with van der Waals surface area (Å²) in [4.78, 5) is 0. The maximum absolute atomic E-state index is 12.3. The standard InChI is InChI=1S/C7H5BrF/c1-5-4-6(9)2-3-7(5)8/h2-4H,1H2. The van der Waals surface area contributed by atoms with Gasteiger partial charge >= 0.3 is 0 Å². The molecule has 1 radical (unpaired) electrons. The van der Waals surface area contributed by atoms with Gasteiger partial charge < -0.3 is 0 Å². The van der Waals surface area contributed by atoms with E-state index in [0.717, 1.165) is 4.47 Å². The number of halogens is 2. The lowest BCUT2D eigenvalue weighted by Crippen LogP contribution is -1.76. The zero-order chi connectivity index (χ0) is 6.85. The van der Waals surface area contributed by atoms with Crippen LogP contribution in [0.25, 0.3) is 0 Å². The van der Waals surface area contributed by atoms with Gasteiger partial charge in [-0.3, -0.25) is 0 Å². The quantitative estimate of drug-likeness (QED) is 0.587. The Morgan fingerprint density at radius 2 is 2.11 bits per heavy atom. The molecule has 0 aliphatic heterocycles. The van der Waals surface area contributed by atoms with Crippen molar-refractivity contribution in [2.24, 2.45) is 0 Å². The van der Waals surface area contributed by atoms with E-state index in [1.807, 2.05) is 0 Å². The molecule has 9 heavy (non-hydrogen) atoms. The first-order chi connectivity index (χ1) is 4.20. The highest BCUT2D eigenvalue weighted by Crippen LogP contribution is 2.15. The first kappa shape index (κ1) is 6.75. The number of hydrogen-bond acceptors (Lipinski definition) is 0. The maximum atomic E-state index is 12.3. The molecule has 0 N–H and O–H groups in total. The van der Waals surface area contributed by atoms with Crippen LogP contribution in [0.15, 0.2) is 22.7 Å². The third kappa shape index (κ3) is 1.52. The maximum Gasteiger partial charge on any atom is 0.123 e. The average Bonchev–Trinajstić information content (AvgIpc) is 1.80. The summed E-state index contributed by atoms with van der Waals surface area (Å²) >= 11 is 3.20. The van der Waals surface area contributed by atoms with Crippen molar-refractivity contribution in [2.75, 3.05) is 0 Å². The molecule has 0 unspecified atom stereocenters. The van der Waals surface area contributed by atoms with Gasteiger partial charge in [-0.1, -0.05) is 15.9 Å². The molecule has 0 aromatic heterocycles. The highest BCUT2D eigenvalue weighted by atomic mass is 79.9. The Morgan fingerprint density at radius 3 is 2.56 bits per heavy atom. The Bertz CT molecular complexity index is 220. The van der Waals surface area contributed by atoms with Crippen molar-refractivity contribution in [3.05, 3.63) is 41.0 Å². The minimum Gasteiger partial charge on any atom is -0.207 e. The van der Waals surface area contributed by atoms with Crippen LogP contribution in [-0.2, 0) is 0 Å². The summed E-state index contributed by atoms with van der Waals surface area (Å²) in [6.45, 7) is 3.59. The van der Waals surface area contributed by atoms with E-state index in [4.69, 9.17) is 0 Å². The van der Waals surface area contributed by atoms with Crippen LogP contribution in [0.3, 0.4) is 0 Å². The first-order valence-electron chi connectivity index (χ1n) is 2.47. The fourth-order valence-electron chi connectivity index (χ4n) is 0.543. The predicted octanol–water partition coefficient (Wildman–Crippen LogP) is 2.77. The molecule has 0 amide bonds. The van der Waals surface area contributed by atoms with Gasteiger partial charge in [0.25, 0.3) is 0 Å². The van der Waals surface area contributed by atoms with Gasteiger partial charge in [-0.25, -0.2) is 4.39 Å². The molecule has 47 valence electrons. The topological polar surface area (TPSA) is 0 Å². The zero-order valence-electron chi connectivity index (χ0n) is 4.70. The van der Waals surface area contributed by atoms with Crippen LogP contribution in [0.4, 0.5) is 4.39 Å². The van der Waals surface area contributed by atoms with Crippen LogP contribution in [0, 0.1) is 12.7 Å². The summed E-state index contributed by atoms with van der Waals surface area (Å²) in [7, 11) is 0. The second-order valence-electron chi connectivity index (χ2n) is 1.74. The van der Waals surface area contributed by atoms with Crippen LogP contribution in [-0.4, -0.2) is 0 Å². The van der Waals surface area contributed by atoms with Crippen LogP contribution >= 0.6 is 15.9 Å². The van der Waals surface area contributed by atoms with Crippen molar-refractivity contribution in [1.29, 1.82) is 0 Å². The zero-order valence-corrected chi connectivity index (χ0v) is 6.28. The minimum atomic E-state index is -0.247. The molecule has 0 fully saturated rings. The van der Waals surface area contributed by atoms with Crippen molar-refractivity contribution < 1.29 is 4.39 Å². The molecule has 0 atom stereocenters. The van der Waals surface area contributed by atoms with Gasteiger partial charge in [-0.05, 0) is 30.7 Å². The highest BCUT2D eigenvalue weighted by molar-refractivity contribution is 9.10. The van der Waals surface area contributed by atoms with E-state index in [1.165, 1.54) is 12.1 Å². The number of hydrogen-bond donors (Lipinski definition) is 0. The summed E-state index contributed by atoms with van der Waals surface area (Å²) in [5.74, 6) is -0.247. The van der Waals surface area contributed by atoms with Crippen molar-refractivity contribution in [3.8, 4) is 0 Å². The lowest BCUT2D eigenvalue weighted by atomic mass is 10.2. The summed E-state index contributed by atoms with van der Waals surface area (Å²) in [5, 5.41) is 0. The molecule has 0 saturated carbocycles. The molecule has 1 rings (SSSR count). The Morgan fingerprint density at radius 1 is 1.44 bits per heavy atom. The Balaban J connectivity index is 3.17. The molecule has 0 bridgehead atoms. The summed E-state index contributed by atoms with van der Waals surface area (Å²) in [6.07, 6.45) is 0. The van der Waals surface area contributed by atoms with Crippen molar-refractivity contribution >= 4 is 15.9 Å². The van der Waals surface area contributed by atoms with E-state index in [2.05, 4.69) is 22.9 Å². The van der Waals surface area contributed by atoms with Crippen LogP contribution in [0.1, 0.15) is 5.56 Å². The SMILES string of the molecule is [CH2]c1cc(F)ccc1Br. The van der Waals surface area contributed by atoms with Crippen LogP contribution in [0.2, 0.25) is 0 Å². The van der Waals surface area contributed by atoms with E-state index in [1.54, 1.807) is 6.07 Å². The molecule has 1 aromatic carbocycles. The molecule has 2 heteroatoms. The molecule has 0 spiro atoms. The lowest BCUT2D eigenvalue weighted by molar-refractivity contribution is 0.627. The van der Waals surface area contributed by atoms with Crippen molar-refractivity contribution in [2.45, 2.75) is 0 Å². The molecular weight excluding hydrogens is 183 g/mol. The van der Waals surface area contributed by atoms with Crippen molar-refractivity contribution in [1.82, 2.24) is 0 Å². The van der Waals surface area contributed by atoms with Gasteiger partial charge in [0.1, 0.15) is 5.82 Å². The van der Waals surface area contributed by atoms with Crippen LogP contribution < -0.4 is 0 Å². The van der Waals surface area contributed by atoms with E-state index in [0.29, 0.717) is 5.56 Å². The minimum absolute atomic E-state index is 0.247. The van der Waals surface area contributed by atoms with Gasteiger partial charge in [-0.15, -0.1) is 0 Å². The van der Waals surface area contributed by atoms with Gasteiger partial charge in [0.2, 0.25) is 0 Å². The largest absolute Gasteiger partial charge is 0.207 e. The highest BCUT2D eigenvalue weighted by Gasteiger charge is 1.93. The molecule has 0 saturated heterocycles. The Kier molecular flexibility index (Phi) is 1.86. The van der Waals surface area contributed by atoms with Gasteiger partial charge in [0, 0.05) is 4.47 Å². The fourth-order valence-corrected chi connectivity index (χ4v) is 0.790. The number of rotatable bonds is 0. The second-order valence-corrected chi connectivity index (χ2v) is 2.59. The lowest BCUT2D eigenvalue weighted by Gasteiger charge is -1.94. The molecule has 0 aliphatic carbocycles.